The molecule has 3 unspecified atom stereocenters. The van der Waals surface area contributed by atoms with E-state index >= 15 is 0 Å². The topological polar surface area (TPSA) is 155 Å². The second-order valence-electron chi connectivity index (χ2n) is 20.8. The first kappa shape index (κ1) is 74.7. The fraction of sp³-hybridized carbons (Fsp3) is 0.742. The molecule has 450 valence electrons. The average Bonchev–Trinajstić information content (AvgIpc) is 3.43. The van der Waals surface area contributed by atoms with Crippen molar-refractivity contribution in [1.29, 1.82) is 0 Å². The van der Waals surface area contributed by atoms with Gasteiger partial charge in [-0.25, -0.2) is 4.57 Å². The molecule has 3 atom stereocenters. The highest BCUT2D eigenvalue weighted by Crippen LogP contribution is 2.43. The molecule has 0 rings (SSSR count). The largest absolute Gasteiger partial charge is 0.472 e. The van der Waals surface area contributed by atoms with Crippen LogP contribution in [0.3, 0.4) is 0 Å². The molecule has 0 aromatic heterocycles. The lowest BCUT2D eigenvalue weighted by Crippen LogP contribution is -2.30. The normalized spacial score (nSPS) is 13.9. The molecule has 11 nitrogen and oxygen atoms in total. The monoisotopic (exact) mass is 1110 g/mol. The van der Waals surface area contributed by atoms with Gasteiger partial charge in [-0.3, -0.25) is 23.4 Å². The smallest absolute Gasteiger partial charge is 0.462 e. The van der Waals surface area contributed by atoms with Gasteiger partial charge in [0.25, 0.3) is 0 Å². The Morgan fingerprint density at radius 3 is 1.05 bits per heavy atom. The quantitative estimate of drug-likeness (QED) is 0.0197. The Labute approximate surface area is 477 Å². The summed E-state index contributed by atoms with van der Waals surface area (Å²) in [5, 5.41) is 9.83. The number of esters is 3. The van der Waals surface area contributed by atoms with Crippen LogP contribution in [0.15, 0.2) is 85.1 Å². The molecule has 0 spiro atoms. The van der Waals surface area contributed by atoms with Crippen LogP contribution >= 0.6 is 7.82 Å². The van der Waals surface area contributed by atoms with Crippen molar-refractivity contribution in [3.8, 4) is 0 Å². The lowest BCUT2D eigenvalue weighted by Gasteiger charge is -2.21. The standard InChI is InChI=1S/C66H115O11P/c1-4-7-10-13-16-19-22-25-27-29-31-33-35-38-40-43-46-49-52-55-64(68)73-59-63(77-66(70)57-54-51-48-45-42-39-36-34-32-30-28-26-23-20-17-14-11-8-5-2)61-75-78(71,72)74-60-62(58-67)76-65(69)56-53-50-47-44-41-37-24-21-18-15-12-9-6-3/h8,11,16-17,19-20,25-28,31-34,62-63,67H,4-7,9-10,12-15,18,21-24,29-30,35-61H2,1-3H3,(H,71,72)/b11-8-,19-16-,20-17-,27-25-,28-26-,33-31-,34-32-. The van der Waals surface area contributed by atoms with Crippen molar-refractivity contribution in [2.45, 2.75) is 290 Å². The zero-order valence-electron chi connectivity index (χ0n) is 49.9. The summed E-state index contributed by atoms with van der Waals surface area (Å²) in [4.78, 5) is 48.7. The van der Waals surface area contributed by atoms with Crippen LogP contribution in [0, 0.1) is 0 Å². The Morgan fingerprint density at radius 1 is 0.372 bits per heavy atom. The maximum atomic E-state index is 12.9. The van der Waals surface area contributed by atoms with Crippen molar-refractivity contribution in [3.63, 3.8) is 0 Å². The SMILES string of the molecule is CC/C=C\C/C=C\C/C=C\C/C=C\CCCCCCCCC(=O)OC(COC(=O)CCCCCCCC/C=C\C/C=C\C/C=C\CCCCC)COP(=O)(O)OCC(CO)OC(=O)CCCCCCCCCCCCCCC. The van der Waals surface area contributed by atoms with Crippen molar-refractivity contribution in [2.75, 3.05) is 26.4 Å². The number of unbranched alkanes of at least 4 members (excludes halogenated alkanes) is 27. The van der Waals surface area contributed by atoms with E-state index in [-0.39, 0.29) is 25.9 Å². The zero-order valence-corrected chi connectivity index (χ0v) is 50.8. The highest BCUT2D eigenvalue weighted by molar-refractivity contribution is 7.47. The number of phosphoric ester groups is 1. The first-order valence-electron chi connectivity index (χ1n) is 31.5. The highest BCUT2D eigenvalue weighted by Gasteiger charge is 2.28. The van der Waals surface area contributed by atoms with Gasteiger partial charge in [-0.15, -0.1) is 0 Å². The van der Waals surface area contributed by atoms with E-state index in [1.807, 2.05) is 0 Å². The zero-order chi connectivity index (χ0) is 56.9. The van der Waals surface area contributed by atoms with Crippen molar-refractivity contribution >= 4 is 25.7 Å². The van der Waals surface area contributed by atoms with E-state index < -0.39 is 57.8 Å². The third-order valence-electron chi connectivity index (χ3n) is 13.3. The summed E-state index contributed by atoms with van der Waals surface area (Å²) < 4.78 is 39.6. The number of phosphoric acid groups is 1. The predicted molar refractivity (Wildman–Crippen MR) is 325 cm³/mol. The Bertz CT molecular complexity index is 1630. The molecular formula is C66H115O11P. The molecule has 0 saturated carbocycles. The summed E-state index contributed by atoms with van der Waals surface area (Å²) in [5.41, 5.74) is 0. The molecule has 0 aliphatic carbocycles. The molecule has 0 bridgehead atoms. The van der Waals surface area contributed by atoms with E-state index in [0.29, 0.717) is 19.3 Å². The van der Waals surface area contributed by atoms with E-state index in [1.165, 1.54) is 83.5 Å². The van der Waals surface area contributed by atoms with Crippen LogP contribution in [0.2, 0.25) is 0 Å². The van der Waals surface area contributed by atoms with Gasteiger partial charge in [0.15, 0.2) is 6.10 Å². The van der Waals surface area contributed by atoms with Crippen molar-refractivity contribution in [2.24, 2.45) is 0 Å². The molecule has 0 aromatic carbocycles. The van der Waals surface area contributed by atoms with Gasteiger partial charge in [-0.2, -0.15) is 0 Å². The first-order valence-corrected chi connectivity index (χ1v) is 33.0. The summed E-state index contributed by atoms with van der Waals surface area (Å²) >= 11 is 0. The fourth-order valence-electron chi connectivity index (χ4n) is 8.53. The number of allylic oxidation sites excluding steroid dienone is 14. The molecule has 0 aromatic rings. The predicted octanol–water partition coefficient (Wildman–Crippen LogP) is 19.0. The van der Waals surface area contributed by atoms with Gasteiger partial charge in [-0.05, 0) is 96.3 Å². The Hall–Kier alpha value is -3.34. The number of hydrogen-bond donors (Lipinski definition) is 2. The second-order valence-corrected chi connectivity index (χ2v) is 22.3. The maximum absolute atomic E-state index is 12.9. The molecule has 0 heterocycles. The van der Waals surface area contributed by atoms with Gasteiger partial charge in [0.1, 0.15) is 12.7 Å². The van der Waals surface area contributed by atoms with Crippen LogP contribution < -0.4 is 0 Å². The van der Waals surface area contributed by atoms with Crippen molar-refractivity contribution in [1.82, 2.24) is 0 Å². The van der Waals surface area contributed by atoms with Crippen LogP contribution in [0.4, 0.5) is 0 Å². The molecule has 0 fully saturated rings. The van der Waals surface area contributed by atoms with Gasteiger partial charge >= 0.3 is 25.7 Å². The minimum Gasteiger partial charge on any atom is -0.462 e. The minimum atomic E-state index is -4.76. The highest BCUT2D eigenvalue weighted by atomic mass is 31.2. The summed E-state index contributed by atoms with van der Waals surface area (Å²) in [6.07, 6.45) is 69.5. The molecule has 12 heteroatoms. The van der Waals surface area contributed by atoms with Crippen LogP contribution in [0.1, 0.15) is 278 Å². The average molecular weight is 1120 g/mol. The number of ether oxygens (including phenoxy) is 3. The molecule has 0 radical (unpaired) electrons. The van der Waals surface area contributed by atoms with Gasteiger partial charge in [-0.1, -0.05) is 247 Å². The van der Waals surface area contributed by atoms with Gasteiger partial charge in [0, 0.05) is 19.3 Å². The van der Waals surface area contributed by atoms with Gasteiger partial charge < -0.3 is 24.2 Å². The molecule has 78 heavy (non-hydrogen) atoms. The number of carbonyl (C=O) groups excluding carboxylic acids is 3. The van der Waals surface area contributed by atoms with Crippen LogP contribution in [0.25, 0.3) is 0 Å². The number of carbonyl (C=O) groups is 3. The van der Waals surface area contributed by atoms with Gasteiger partial charge in [0.05, 0.1) is 19.8 Å². The van der Waals surface area contributed by atoms with Crippen LogP contribution in [-0.2, 0) is 42.2 Å². The maximum Gasteiger partial charge on any atom is 0.472 e. The van der Waals surface area contributed by atoms with E-state index in [2.05, 4.69) is 106 Å². The first-order chi connectivity index (χ1) is 38.2. The Morgan fingerprint density at radius 2 is 0.667 bits per heavy atom. The summed E-state index contributed by atoms with van der Waals surface area (Å²) in [7, 11) is -4.76. The van der Waals surface area contributed by atoms with E-state index in [9.17, 15) is 28.9 Å². The number of aliphatic hydroxyl groups excluding tert-OH is 1. The molecule has 0 amide bonds. The number of aliphatic hydroxyl groups is 1. The van der Waals surface area contributed by atoms with Crippen LogP contribution in [-0.4, -0.2) is 66.5 Å². The lowest BCUT2D eigenvalue weighted by atomic mass is 10.0. The van der Waals surface area contributed by atoms with Crippen molar-refractivity contribution in [3.05, 3.63) is 85.1 Å². The number of rotatable bonds is 58. The summed E-state index contributed by atoms with van der Waals surface area (Å²) in [5.74, 6) is -1.49. The second kappa shape index (κ2) is 59.8. The Balaban J connectivity index is 4.76. The van der Waals surface area contributed by atoms with E-state index in [1.54, 1.807) is 0 Å². The van der Waals surface area contributed by atoms with Gasteiger partial charge in [0.2, 0.25) is 0 Å². The molecule has 0 aliphatic heterocycles. The Kier molecular flexibility index (Phi) is 57.2. The fourth-order valence-corrected chi connectivity index (χ4v) is 9.32. The third-order valence-corrected chi connectivity index (χ3v) is 14.3. The molecule has 0 saturated heterocycles. The molecule has 2 N–H and O–H groups in total. The summed E-state index contributed by atoms with van der Waals surface area (Å²) in [6.45, 7) is 4.50. The van der Waals surface area contributed by atoms with E-state index in [0.717, 1.165) is 135 Å². The third kappa shape index (κ3) is 57.3. The number of hydrogen-bond acceptors (Lipinski definition) is 10. The molecular weight excluding hydrogens is 1000 g/mol. The summed E-state index contributed by atoms with van der Waals surface area (Å²) in [6, 6.07) is 0. The van der Waals surface area contributed by atoms with E-state index in [4.69, 9.17) is 23.3 Å². The van der Waals surface area contributed by atoms with Crippen LogP contribution in [0.5, 0.6) is 0 Å². The van der Waals surface area contributed by atoms with Crippen molar-refractivity contribution < 1.29 is 52.2 Å². The molecule has 0 aliphatic rings. The lowest BCUT2D eigenvalue weighted by molar-refractivity contribution is -0.161. The minimum absolute atomic E-state index is 0.146.